The molecule has 7 nitrogen and oxygen atoms in total. The Balaban J connectivity index is 1.95. The first kappa shape index (κ1) is 23.4. The van der Waals surface area contributed by atoms with E-state index in [4.69, 9.17) is 33.7 Å². The Hall–Kier alpha value is -2.84. The van der Waals surface area contributed by atoms with Gasteiger partial charge in [0.1, 0.15) is 5.82 Å². The molecule has 2 rings (SSSR count). The van der Waals surface area contributed by atoms with E-state index < -0.39 is 36.4 Å². The molecule has 3 amide bonds. The molecular formula is C20H20Cl2FN3O4. The molecule has 1 unspecified atom stereocenters. The second kappa shape index (κ2) is 10.8. The van der Waals surface area contributed by atoms with Crippen LogP contribution in [0, 0.1) is 5.82 Å². The molecule has 0 radical (unpaired) electrons. The maximum absolute atomic E-state index is 13.9. The molecule has 0 aromatic heterocycles. The summed E-state index contributed by atoms with van der Waals surface area (Å²) in [7, 11) is 1.43. The fourth-order valence-corrected chi connectivity index (χ4v) is 3.15. The number of rotatable bonds is 8. The van der Waals surface area contributed by atoms with Crippen molar-refractivity contribution in [2.24, 2.45) is 5.73 Å². The van der Waals surface area contributed by atoms with Crippen LogP contribution in [0.25, 0.3) is 0 Å². The molecule has 0 heterocycles. The zero-order valence-electron chi connectivity index (χ0n) is 16.0. The van der Waals surface area contributed by atoms with Crippen molar-refractivity contribution in [3.63, 3.8) is 0 Å². The van der Waals surface area contributed by atoms with Crippen LogP contribution in [0.4, 0.5) is 9.18 Å². The third-order valence-electron chi connectivity index (χ3n) is 4.21. The van der Waals surface area contributed by atoms with E-state index in [1.165, 1.54) is 30.1 Å². The Labute approximate surface area is 182 Å². The summed E-state index contributed by atoms with van der Waals surface area (Å²) in [5.74, 6) is -1.85. The number of halogens is 3. The first-order valence-corrected chi connectivity index (χ1v) is 9.57. The van der Waals surface area contributed by atoms with E-state index in [-0.39, 0.29) is 23.6 Å². The first-order chi connectivity index (χ1) is 14.2. The molecule has 0 saturated carbocycles. The van der Waals surface area contributed by atoms with Gasteiger partial charge in [-0.25, -0.2) is 9.18 Å². The Bertz CT molecular complexity index is 922. The summed E-state index contributed by atoms with van der Waals surface area (Å²) in [6.07, 6.45) is -0.289. The van der Waals surface area contributed by atoms with Crippen molar-refractivity contribution in [1.29, 1.82) is 0 Å². The lowest BCUT2D eigenvalue weighted by Crippen LogP contribution is -2.35. The summed E-state index contributed by atoms with van der Waals surface area (Å²) < 4.78 is 18.9. The van der Waals surface area contributed by atoms with Gasteiger partial charge in [0.2, 0.25) is 0 Å². The average molecular weight is 456 g/mol. The lowest BCUT2D eigenvalue weighted by atomic mass is 10.0. The van der Waals surface area contributed by atoms with Crippen LogP contribution in [0.3, 0.4) is 0 Å². The number of primary amides is 1. The van der Waals surface area contributed by atoms with Crippen LogP contribution in [0.5, 0.6) is 0 Å². The fraction of sp³-hybridized carbons (Fsp3) is 0.250. The number of benzene rings is 2. The van der Waals surface area contributed by atoms with Crippen molar-refractivity contribution < 1.29 is 23.5 Å². The molecule has 3 N–H and O–H groups in total. The summed E-state index contributed by atoms with van der Waals surface area (Å²) >= 11 is 12.1. The topological polar surface area (TPSA) is 102 Å². The molecule has 1 atom stereocenters. The molecule has 0 bridgehead atoms. The van der Waals surface area contributed by atoms with Crippen LogP contribution >= 0.6 is 23.2 Å². The van der Waals surface area contributed by atoms with Gasteiger partial charge >= 0.3 is 12.0 Å². The van der Waals surface area contributed by atoms with Gasteiger partial charge in [-0.1, -0.05) is 47.5 Å². The largest absolute Gasteiger partial charge is 0.455 e. The van der Waals surface area contributed by atoms with Gasteiger partial charge in [-0.2, -0.15) is 0 Å². The van der Waals surface area contributed by atoms with E-state index >= 15 is 0 Å². The van der Waals surface area contributed by atoms with E-state index in [0.717, 1.165) is 0 Å². The first-order valence-electron chi connectivity index (χ1n) is 8.82. The van der Waals surface area contributed by atoms with Crippen LogP contribution in [0.15, 0.2) is 42.5 Å². The number of hydrogen-bond donors (Lipinski definition) is 2. The number of esters is 1. The molecule has 0 aliphatic carbocycles. The molecule has 10 heteroatoms. The van der Waals surface area contributed by atoms with Gasteiger partial charge in [0, 0.05) is 29.2 Å². The highest BCUT2D eigenvalue weighted by atomic mass is 35.5. The van der Waals surface area contributed by atoms with Crippen LogP contribution < -0.4 is 11.1 Å². The van der Waals surface area contributed by atoms with Crippen LogP contribution in [0.1, 0.15) is 23.6 Å². The number of likely N-dealkylation sites (N-methyl/N-ethyl adjacent to an activating group) is 1. The highest BCUT2D eigenvalue weighted by Crippen LogP contribution is 2.25. The Morgan fingerprint density at radius 3 is 2.43 bits per heavy atom. The average Bonchev–Trinajstić information content (AvgIpc) is 2.68. The van der Waals surface area contributed by atoms with E-state index in [2.05, 4.69) is 5.32 Å². The molecule has 0 saturated heterocycles. The van der Waals surface area contributed by atoms with Crippen molar-refractivity contribution in [3.8, 4) is 0 Å². The number of hydrogen-bond acceptors (Lipinski definition) is 4. The normalized spacial score (nSPS) is 11.5. The highest BCUT2D eigenvalue weighted by molar-refractivity contribution is 6.31. The number of nitrogens with zero attached hydrogens (tertiary/aromatic N) is 1. The van der Waals surface area contributed by atoms with Gasteiger partial charge in [0.25, 0.3) is 5.91 Å². The smallest absolute Gasteiger partial charge is 0.312 e. The molecule has 0 fully saturated rings. The fourth-order valence-electron chi connectivity index (χ4n) is 2.65. The monoisotopic (exact) mass is 455 g/mol. The molecule has 0 spiro atoms. The molecule has 160 valence electrons. The predicted molar refractivity (Wildman–Crippen MR) is 110 cm³/mol. The second-order valence-corrected chi connectivity index (χ2v) is 7.21. The molecular weight excluding hydrogens is 436 g/mol. The third kappa shape index (κ3) is 6.60. The van der Waals surface area contributed by atoms with Crippen LogP contribution in [-0.4, -0.2) is 36.5 Å². The van der Waals surface area contributed by atoms with E-state index in [1.807, 2.05) is 0 Å². The summed E-state index contributed by atoms with van der Waals surface area (Å²) in [4.78, 5) is 36.9. The number of carbonyl (C=O) groups excluding carboxylic acids is 3. The number of nitrogens with two attached hydrogens (primary N) is 1. The van der Waals surface area contributed by atoms with Gasteiger partial charge in [-0.3, -0.25) is 9.59 Å². The van der Waals surface area contributed by atoms with E-state index in [9.17, 15) is 18.8 Å². The quantitative estimate of drug-likeness (QED) is 0.595. The molecule has 0 aliphatic heterocycles. The van der Waals surface area contributed by atoms with Crippen molar-refractivity contribution >= 4 is 41.1 Å². The van der Waals surface area contributed by atoms with Gasteiger partial charge in [0.05, 0.1) is 12.5 Å². The number of ether oxygens (including phenoxy) is 1. The maximum Gasteiger partial charge on any atom is 0.312 e. The minimum absolute atomic E-state index is 0.0899. The van der Waals surface area contributed by atoms with Crippen molar-refractivity contribution in [1.82, 2.24) is 10.2 Å². The maximum atomic E-state index is 13.9. The minimum atomic E-state index is -0.842. The highest BCUT2D eigenvalue weighted by Gasteiger charge is 2.22. The van der Waals surface area contributed by atoms with Gasteiger partial charge in [0.15, 0.2) is 6.61 Å². The predicted octanol–water partition coefficient (Wildman–Crippen LogP) is 3.43. The summed E-state index contributed by atoms with van der Waals surface area (Å²) in [6.45, 7) is -0.652. The van der Waals surface area contributed by atoms with Gasteiger partial charge in [-0.05, 0) is 23.8 Å². The van der Waals surface area contributed by atoms with Crippen molar-refractivity contribution in [3.05, 3.63) is 69.5 Å². The summed E-state index contributed by atoms with van der Waals surface area (Å²) in [5, 5.41) is 2.95. The SMILES string of the molecule is CN(Cc1c(F)cccc1Cl)C(=O)COC(=O)CC(NC(N)=O)c1ccccc1Cl. The molecule has 30 heavy (non-hydrogen) atoms. The van der Waals surface area contributed by atoms with E-state index in [0.29, 0.717) is 10.6 Å². The zero-order chi connectivity index (χ0) is 22.3. The summed E-state index contributed by atoms with van der Waals surface area (Å²) in [6, 6.07) is 9.16. The summed E-state index contributed by atoms with van der Waals surface area (Å²) in [5.41, 5.74) is 5.81. The van der Waals surface area contributed by atoms with Gasteiger partial charge in [-0.15, -0.1) is 0 Å². The molecule has 2 aromatic rings. The van der Waals surface area contributed by atoms with Crippen LogP contribution in [-0.2, 0) is 20.9 Å². The Kier molecular flexibility index (Phi) is 8.44. The lowest BCUT2D eigenvalue weighted by Gasteiger charge is -2.20. The van der Waals surface area contributed by atoms with Crippen molar-refractivity contribution in [2.75, 3.05) is 13.7 Å². The standard InChI is InChI=1S/C20H20Cl2FN3O4/c1-26(10-13-15(22)7-4-8-16(13)23)18(27)11-30-19(28)9-17(25-20(24)29)12-5-2-3-6-14(12)21/h2-8,17H,9-11H2,1H3,(H3,24,25,29). The Morgan fingerprint density at radius 2 is 1.80 bits per heavy atom. The molecule has 2 aromatic carbocycles. The van der Waals surface area contributed by atoms with Crippen LogP contribution in [0.2, 0.25) is 10.0 Å². The zero-order valence-corrected chi connectivity index (χ0v) is 17.5. The van der Waals surface area contributed by atoms with E-state index in [1.54, 1.807) is 24.3 Å². The number of carbonyl (C=O) groups is 3. The number of urea groups is 1. The third-order valence-corrected chi connectivity index (χ3v) is 4.91. The second-order valence-electron chi connectivity index (χ2n) is 6.40. The number of nitrogens with one attached hydrogen (secondary N) is 1. The lowest BCUT2D eigenvalue weighted by molar-refractivity contribution is -0.152. The van der Waals surface area contributed by atoms with Gasteiger partial charge < -0.3 is 20.7 Å². The van der Waals surface area contributed by atoms with Crippen molar-refractivity contribution in [2.45, 2.75) is 19.0 Å². The minimum Gasteiger partial charge on any atom is -0.455 e. The number of amides is 3. The molecule has 0 aliphatic rings. The Morgan fingerprint density at radius 1 is 1.13 bits per heavy atom.